The molecule has 0 atom stereocenters. The van der Waals surface area contributed by atoms with Gasteiger partial charge in [-0.1, -0.05) is 13.8 Å². The van der Waals surface area contributed by atoms with Crippen LogP contribution in [-0.4, -0.2) is 36.5 Å². The van der Waals surface area contributed by atoms with Gasteiger partial charge >= 0.3 is 0 Å². The summed E-state index contributed by atoms with van der Waals surface area (Å²) in [6.07, 6.45) is 0. The van der Waals surface area contributed by atoms with Crippen molar-refractivity contribution in [1.82, 2.24) is 4.31 Å². The van der Waals surface area contributed by atoms with E-state index in [2.05, 4.69) is 22.6 Å². The van der Waals surface area contributed by atoms with Crippen molar-refractivity contribution in [1.29, 1.82) is 0 Å². The lowest BCUT2D eigenvalue weighted by molar-refractivity contribution is -0.0932. The Morgan fingerprint density at radius 1 is 1.28 bits per heavy atom. The van der Waals surface area contributed by atoms with Gasteiger partial charge in [0.25, 0.3) is 0 Å². The number of aliphatic hydroxyl groups is 1. The first-order chi connectivity index (χ1) is 8.25. The maximum Gasteiger partial charge on any atom is 0.243 e. The minimum atomic E-state index is -3.45. The highest BCUT2D eigenvalue weighted by Crippen LogP contribution is 2.33. The summed E-state index contributed by atoms with van der Waals surface area (Å²) in [4.78, 5) is 0.286. The van der Waals surface area contributed by atoms with Gasteiger partial charge in [-0.2, -0.15) is 4.31 Å². The fourth-order valence-electron chi connectivity index (χ4n) is 1.86. The van der Waals surface area contributed by atoms with E-state index in [-0.39, 0.29) is 23.9 Å². The lowest BCUT2D eigenvalue weighted by Crippen LogP contribution is -2.65. The van der Waals surface area contributed by atoms with E-state index in [0.717, 1.165) is 3.57 Å². The predicted molar refractivity (Wildman–Crippen MR) is 77.7 cm³/mol. The molecular weight excluding hydrogens is 365 g/mol. The summed E-state index contributed by atoms with van der Waals surface area (Å²) in [5.41, 5.74) is -0.879. The van der Waals surface area contributed by atoms with Crippen LogP contribution < -0.4 is 0 Å². The fourth-order valence-corrected chi connectivity index (χ4v) is 3.78. The van der Waals surface area contributed by atoms with Crippen molar-refractivity contribution in [3.05, 3.63) is 27.8 Å². The summed E-state index contributed by atoms with van der Waals surface area (Å²) in [5, 5.41) is 10.1. The minimum Gasteiger partial charge on any atom is -0.387 e. The summed E-state index contributed by atoms with van der Waals surface area (Å²) in [5.74, 6) is 0.0562. The Balaban J connectivity index is 2.18. The average Bonchev–Trinajstić information content (AvgIpc) is 2.25. The zero-order valence-corrected chi connectivity index (χ0v) is 13.3. The van der Waals surface area contributed by atoms with Crippen molar-refractivity contribution in [2.24, 2.45) is 5.92 Å². The molecule has 0 amide bonds. The van der Waals surface area contributed by atoms with Gasteiger partial charge in [-0.25, -0.2) is 8.42 Å². The van der Waals surface area contributed by atoms with Crippen LogP contribution in [0.4, 0.5) is 0 Å². The van der Waals surface area contributed by atoms with E-state index in [1.165, 1.54) is 4.31 Å². The molecule has 6 heteroatoms. The quantitative estimate of drug-likeness (QED) is 0.811. The number of nitrogens with zero attached hydrogens (tertiary/aromatic N) is 1. The molecule has 4 nitrogen and oxygen atoms in total. The van der Waals surface area contributed by atoms with Gasteiger partial charge in [0, 0.05) is 16.7 Å². The van der Waals surface area contributed by atoms with Gasteiger partial charge in [-0.05, 0) is 52.8 Å². The number of hydrogen-bond acceptors (Lipinski definition) is 3. The van der Waals surface area contributed by atoms with Gasteiger partial charge in [0.05, 0.1) is 10.5 Å². The van der Waals surface area contributed by atoms with Crippen LogP contribution in [0.2, 0.25) is 0 Å². The van der Waals surface area contributed by atoms with Gasteiger partial charge in [-0.3, -0.25) is 0 Å². The Morgan fingerprint density at radius 3 is 2.22 bits per heavy atom. The smallest absolute Gasteiger partial charge is 0.243 e. The van der Waals surface area contributed by atoms with Crippen LogP contribution in [0.25, 0.3) is 0 Å². The number of sulfonamides is 1. The Hall–Kier alpha value is -0.180. The third kappa shape index (κ3) is 2.43. The molecule has 1 aromatic carbocycles. The van der Waals surface area contributed by atoms with Crippen molar-refractivity contribution in [3.8, 4) is 0 Å². The molecule has 1 aliphatic rings. The molecule has 0 aromatic heterocycles. The highest BCUT2D eigenvalue weighted by Gasteiger charge is 2.48. The zero-order valence-electron chi connectivity index (χ0n) is 10.3. The molecule has 0 unspecified atom stereocenters. The molecule has 1 fully saturated rings. The number of rotatable bonds is 3. The molecule has 0 saturated carbocycles. The van der Waals surface area contributed by atoms with Crippen molar-refractivity contribution < 1.29 is 13.5 Å². The molecule has 0 aliphatic carbocycles. The van der Waals surface area contributed by atoms with Crippen LogP contribution >= 0.6 is 22.6 Å². The van der Waals surface area contributed by atoms with Crippen molar-refractivity contribution in [3.63, 3.8) is 0 Å². The SMILES string of the molecule is CC(C)C1(O)CN(S(=O)(=O)c2ccc(I)cc2)C1. The highest BCUT2D eigenvalue weighted by molar-refractivity contribution is 14.1. The van der Waals surface area contributed by atoms with E-state index < -0.39 is 15.6 Å². The van der Waals surface area contributed by atoms with Crippen molar-refractivity contribution in [2.75, 3.05) is 13.1 Å². The molecule has 1 saturated heterocycles. The molecule has 0 radical (unpaired) electrons. The van der Waals surface area contributed by atoms with Crippen LogP contribution in [-0.2, 0) is 10.0 Å². The third-order valence-electron chi connectivity index (χ3n) is 3.43. The number of β-amino-alcohol motifs (C(OH)–C–C–N with tert-alkyl or cyclic N) is 1. The van der Waals surface area contributed by atoms with Gasteiger partial charge in [0.1, 0.15) is 0 Å². The summed E-state index contributed by atoms with van der Waals surface area (Å²) < 4.78 is 26.8. The molecule has 2 rings (SSSR count). The van der Waals surface area contributed by atoms with E-state index >= 15 is 0 Å². The maximum absolute atomic E-state index is 12.2. The largest absolute Gasteiger partial charge is 0.387 e. The molecule has 0 spiro atoms. The van der Waals surface area contributed by atoms with Gasteiger partial charge in [0.15, 0.2) is 0 Å². The second-order valence-corrected chi connectivity index (χ2v) is 8.17. The number of benzene rings is 1. The Labute approximate surface area is 121 Å². The molecule has 1 heterocycles. The van der Waals surface area contributed by atoms with Crippen LogP contribution in [0.5, 0.6) is 0 Å². The van der Waals surface area contributed by atoms with Gasteiger partial charge in [-0.15, -0.1) is 0 Å². The van der Waals surface area contributed by atoms with E-state index in [4.69, 9.17) is 0 Å². The number of halogens is 1. The first-order valence-electron chi connectivity index (χ1n) is 5.74. The first kappa shape index (κ1) is 14.2. The van der Waals surface area contributed by atoms with Crippen molar-refractivity contribution >= 4 is 32.6 Å². The first-order valence-corrected chi connectivity index (χ1v) is 8.26. The van der Waals surface area contributed by atoms with Gasteiger partial charge in [0.2, 0.25) is 10.0 Å². The molecule has 1 aliphatic heterocycles. The van der Waals surface area contributed by atoms with Crippen LogP contribution in [0, 0.1) is 9.49 Å². The Morgan fingerprint density at radius 2 is 1.78 bits per heavy atom. The van der Waals surface area contributed by atoms with Gasteiger partial charge < -0.3 is 5.11 Å². The molecule has 1 N–H and O–H groups in total. The molecule has 0 bridgehead atoms. The summed E-state index contributed by atoms with van der Waals surface area (Å²) in [7, 11) is -3.45. The van der Waals surface area contributed by atoms with E-state index in [1.54, 1.807) is 24.3 Å². The lowest BCUT2D eigenvalue weighted by Gasteiger charge is -2.47. The number of hydrogen-bond donors (Lipinski definition) is 1. The maximum atomic E-state index is 12.2. The van der Waals surface area contributed by atoms with Crippen LogP contribution in [0.1, 0.15) is 13.8 Å². The molecular formula is C12H16INO3S. The minimum absolute atomic E-state index is 0.0562. The summed E-state index contributed by atoms with van der Waals surface area (Å²) in [6.45, 7) is 4.15. The Bertz CT molecular complexity index is 533. The monoisotopic (exact) mass is 381 g/mol. The lowest BCUT2D eigenvalue weighted by atomic mass is 9.85. The summed E-state index contributed by atoms with van der Waals surface area (Å²) >= 11 is 2.13. The highest BCUT2D eigenvalue weighted by atomic mass is 127. The van der Waals surface area contributed by atoms with Crippen LogP contribution in [0.3, 0.4) is 0 Å². The second kappa shape index (κ2) is 4.73. The van der Waals surface area contributed by atoms with E-state index in [0.29, 0.717) is 0 Å². The Kier molecular flexibility index (Phi) is 3.74. The van der Waals surface area contributed by atoms with E-state index in [9.17, 15) is 13.5 Å². The third-order valence-corrected chi connectivity index (χ3v) is 5.95. The fraction of sp³-hybridized carbons (Fsp3) is 0.500. The summed E-state index contributed by atoms with van der Waals surface area (Å²) in [6, 6.07) is 6.73. The normalized spacial score (nSPS) is 19.8. The standard InChI is InChI=1S/C12H16INO3S/c1-9(2)12(15)7-14(8-12)18(16,17)11-5-3-10(13)4-6-11/h3-6,9,15H,7-8H2,1-2H3. The molecule has 100 valence electrons. The van der Waals surface area contributed by atoms with Crippen LogP contribution in [0.15, 0.2) is 29.2 Å². The average molecular weight is 381 g/mol. The van der Waals surface area contributed by atoms with E-state index in [1.807, 2.05) is 13.8 Å². The molecule has 18 heavy (non-hydrogen) atoms. The molecule has 1 aromatic rings. The second-order valence-electron chi connectivity index (χ2n) is 4.99. The zero-order chi connectivity index (χ0) is 13.6. The topological polar surface area (TPSA) is 57.6 Å². The predicted octanol–water partition coefficient (Wildman–Crippen LogP) is 1.68. The van der Waals surface area contributed by atoms with Crippen molar-refractivity contribution in [2.45, 2.75) is 24.3 Å².